The summed E-state index contributed by atoms with van der Waals surface area (Å²) in [5.41, 5.74) is 6.62. The molecule has 0 bridgehead atoms. The van der Waals surface area contributed by atoms with E-state index in [0.717, 1.165) is 18.8 Å². The first-order valence-corrected chi connectivity index (χ1v) is 6.84. The molecular formula is C14H22N4O. The van der Waals surface area contributed by atoms with Crippen LogP contribution >= 0.6 is 0 Å². The molecule has 1 aromatic heterocycles. The number of hydrogen-bond donors (Lipinski definition) is 2. The first-order chi connectivity index (χ1) is 9.08. The molecule has 5 heteroatoms. The van der Waals surface area contributed by atoms with Crippen LogP contribution in [0.1, 0.15) is 37.2 Å². The third-order valence-corrected chi connectivity index (χ3v) is 3.53. The molecule has 2 rings (SSSR count). The Hall–Kier alpha value is -1.62. The third-order valence-electron chi connectivity index (χ3n) is 3.53. The summed E-state index contributed by atoms with van der Waals surface area (Å²) in [5, 5.41) is 3.50. The van der Waals surface area contributed by atoms with Gasteiger partial charge in [0.25, 0.3) is 5.91 Å². The molecule has 104 valence electrons. The van der Waals surface area contributed by atoms with Crippen molar-refractivity contribution in [1.82, 2.24) is 10.3 Å². The number of carbonyl (C=O) groups is 1. The summed E-state index contributed by atoms with van der Waals surface area (Å²) in [6.07, 6.45) is 4.09. The fourth-order valence-electron chi connectivity index (χ4n) is 2.50. The number of aromatic nitrogens is 1. The highest BCUT2D eigenvalue weighted by molar-refractivity contribution is 5.91. The molecule has 0 radical (unpaired) electrons. The normalized spacial score (nSPS) is 18.8. The minimum Gasteiger partial charge on any atom is -0.367 e. The minimum absolute atomic E-state index is 0.322. The molecule has 1 amide bonds. The zero-order chi connectivity index (χ0) is 13.8. The number of carbonyl (C=O) groups excluding carboxylic acids is 1. The molecule has 1 fully saturated rings. The van der Waals surface area contributed by atoms with E-state index in [1.165, 1.54) is 12.8 Å². The summed E-state index contributed by atoms with van der Waals surface area (Å²) in [6, 6.07) is 4.59. The summed E-state index contributed by atoms with van der Waals surface area (Å²) < 4.78 is 0. The second-order valence-electron chi connectivity index (χ2n) is 5.30. The molecule has 1 saturated heterocycles. The van der Waals surface area contributed by atoms with Crippen LogP contribution in [-0.4, -0.2) is 36.1 Å². The highest BCUT2D eigenvalue weighted by atomic mass is 16.1. The van der Waals surface area contributed by atoms with Gasteiger partial charge in [0.15, 0.2) is 0 Å². The van der Waals surface area contributed by atoms with Crippen LogP contribution in [0.4, 0.5) is 5.69 Å². The van der Waals surface area contributed by atoms with Crippen molar-refractivity contribution in [2.75, 3.05) is 18.0 Å². The Morgan fingerprint density at radius 2 is 2.42 bits per heavy atom. The van der Waals surface area contributed by atoms with Gasteiger partial charge >= 0.3 is 0 Å². The molecule has 1 atom stereocenters. The lowest BCUT2D eigenvalue weighted by atomic mass is 10.1. The van der Waals surface area contributed by atoms with E-state index in [1.54, 1.807) is 12.3 Å². The van der Waals surface area contributed by atoms with E-state index in [0.29, 0.717) is 17.8 Å². The Labute approximate surface area is 114 Å². The molecule has 0 aromatic carbocycles. The summed E-state index contributed by atoms with van der Waals surface area (Å²) in [7, 11) is 0. The monoisotopic (exact) mass is 262 g/mol. The lowest BCUT2D eigenvalue weighted by molar-refractivity contribution is 0.0995. The third kappa shape index (κ3) is 3.44. The van der Waals surface area contributed by atoms with Crippen LogP contribution in [0, 0.1) is 0 Å². The predicted molar refractivity (Wildman–Crippen MR) is 76.3 cm³/mol. The first-order valence-electron chi connectivity index (χ1n) is 6.84. The van der Waals surface area contributed by atoms with Crippen LogP contribution in [0.3, 0.4) is 0 Å². The van der Waals surface area contributed by atoms with Crippen molar-refractivity contribution in [3.63, 3.8) is 0 Å². The lowest BCUT2D eigenvalue weighted by Gasteiger charge is -2.31. The summed E-state index contributed by atoms with van der Waals surface area (Å²) >= 11 is 0. The van der Waals surface area contributed by atoms with Crippen molar-refractivity contribution < 1.29 is 4.79 Å². The summed E-state index contributed by atoms with van der Waals surface area (Å²) in [5.74, 6) is -0.482. The van der Waals surface area contributed by atoms with Crippen LogP contribution in [0.15, 0.2) is 18.3 Å². The second kappa shape index (κ2) is 6.02. The van der Waals surface area contributed by atoms with Crippen molar-refractivity contribution in [2.24, 2.45) is 5.73 Å². The number of nitrogens with one attached hydrogen (secondary N) is 1. The van der Waals surface area contributed by atoms with Crippen molar-refractivity contribution in [3.8, 4) is 0 Å². The minimum atomic E-state index is -0.482. The number of primary amides is 1. The Kier molecular flexibility index (Phi) is 4.37. The first kappa shape index (κ1) is 13.8. The van der Waals surface area contributed by atoms with Gasteiger partial charge in [0, 0.05) is 30.5 Å². The molecule has 0 aliphatic carbocycles. The molecular weight excluding hydrogens is 240 g/mol. The topological polar surface area (TPSA) is 71.2 Å². The zero-order valence-electron chi connectivity index (χ0n) is 11.6. The molecule has 0 saturated carbocycles. The molecule has 2 heterocycles. The van der Waals surface area contributed by atoms with Gasteiger partial charge < -0.3 is 16.0 Å². The quantitative estimate of drug-likeness (QED) is 0.835. The average Bonchev–Trinajstić information content (AvgIpc) is 2.88. The van der Waals surface area contributed by atoms with Crippen molar-refractivity contribution in [2.45, 2.75) is 38.8 Å². The number of hydrogen-bond acceptors (Lipinski definition) is 4. The van der Waals surface area contributed by atoms with Crippen LogP contribution in [0.5, 0.6) is 0 Å². The number of nitrogens with zero attached hydrogens (tertiary/aromatic N) is 2. The van der Waals surface area contributed by atoms with Crippen LogP contribution in [0.2, 0.25) is 0 Å². The van der Waals surface area contributed by atoms with E-state index in [1.807, 2.05) is 6.07 Å². The zero-order valence-corrected chi connectivity index (χ0v) is 11.6. The molecule has 3 N–H and O–H groups in total. The fourth-order valence-corrected chi connectivity index (χ4v) is 2.50. The van der Waals surface area contributed by atoms with Crippen LogP contribution in [-0.2, 0) is 0 Å². The highest BCUT2D eigenvalue weighted by Gasteiger charge is 2.20. The maximum Gasteiger partial charge on any atom is 0.267 e. The SMILES string of the molecule is CC(C)N(CC1CCCN1)c1ccnc(C(N)=O)c1. The lowest BCUT2D eigenvalue weighted by Crippen LogP contribution is -2.41. The van der Waals surface area contributed by atoms with E-state index in [9.17, 15) is 4.79 Å². The van der Waals surface area contributed by atoms with E-state index in [-0.39, 0.29) is 0 Å². The van der Waals surface area contributed by atoms with Crippen molar-refractivity contribution >= 4 is 11.6 Å². The van der Waals surface area contributed by atoms with Crippen LogP contribution < -0.4 is 16.0 Å². The second-order valence-corrected chi connectivity index (χ2v) is 5.30. The molecule has 19 heavy (non-hydrogen) atoms. The van der Waals surface area contributed by atoms with E-state index in [4.69, 9.17) is 5.73 Å². The molecule has 1 aromatic rings. The van der Waals surface area contributed by atoms with E-state index < -0.39 is 5.91 Å². The van der Waals surface area contributed by atoms with Gasteiger partial charge in [-0.1, -0.05) is 0 Å². The van der Waals surface area contributed by atoms with Gasteiger partial charge in [-0.15, -0.1) is 0 Å². The molecule has 1 unspecified atom stereocenters. The van der Waals surface area contributed by atoms with Crippen LogP contribution in [0.25, 0.3) is 0 Å². The number of amides is 1. The molecule has 5 nitrogen and oxygen atoms in total. The summed E-state index contributed by atoms with van der Waals surface area (Å²) in [4.78, 5) is 17.5. The Bertz CT molecular complexity index is 441. The van der Waals surface area contributed by atoms with Gasteiger partial charge in [-0.2, -0.15) is 0 Å². The number of pyridine rings is 1. The fraction of sp³-hybridized carbons (Fsp3) is 0.571. The van der Waals surface area contributed by atoms with E-state index >= 15 is 0 Å². The summed E-state index contributed by atoms with van der Waals surface area (Å²) in [6.45, 7) is 6.35. The van der Waals surface area contributed by atoms with Gasteiger partial charge in [0.05, 0.1) is 0 Å². The largest absolute Gasteiger partial charge is 0.367 e. The standard InChI is InChI=1S/C14H22N4O/c1-10(2)18(9-11-4-3-6-16-11)12-5-7-17-13(8-12)14(15)19/h5,7-8,10-11,16H,3-4,6,9H2,1-2H3,(H2,15,19). The Balaban J connectivity index is 2.17. The number of nitrogens with two attached hydrogens (primary N) is 1. The molecule has 1 aliphatic rings. The average molecular weight is 262 g/mol. The van der Waals surface area contributed by atoms with Gasteiger partial charge in [0.1, 0.15) is 5.69 Å². The maximum atomic E-state index is 11.2. The molecule has 1 aliphatic heterocycles. The maximum absolute atomic E-state index is 11.2. The predicted octanol–water partition coefficient (Wildman–Crippen LogP) is 1.15. The van der Waals surface area contributed by atoms with Gasteiger partial charge in [-0.25, -0.2) is 0 Å². The van der Waals surface area contributed by atoms with Crippen molar-refractivity contribution in [1.29, 1.82) is 0 Å². The Morgan fingerprint density at radius 3 is 3.00 bits per heavy atom. The molecule has 0 spiro atoms. The van der Waals surface area contributed by atoms with Gasteiger partial charge in [-0.05, 0) is 45.4 Å². The highest BCUT2D eigenvalue weighted by Crippen LogP contribution is 2.19. The smallest absolute Gasteiger partial charge is 0.267 e. The van der Waals surface area contributed by atoms with Crippen molar-refractivity contribution in [3.05, 3.63) is 24.0 Å². The van der Waals surface area contributed by atoms with Gasteiger partial charge in [-0.3, -0.25) is 9.78 Å². The number of anilines is 1. The van der Waals surface area contributed by atoms with E-state index in [2.05, 4.69) is 29.0 Å². The number of rotatable bonds is 5. The van der Waals surface area contributed by atoms with Gasteiger partial charge in [0.2, 0.25) is 0 Å². The Morgan fingerprint density at radius 1 is 1.63 bits per heavy atom.